The molecular formula is C13H18BrNO3. The fraction of sp³-hybridized carbons (Fsp3) is 0.462. The van der Waals surface area contributed by atoms with Crippen molar-refractivity contribution >= 4 is 27.6 Å². The molecule has 0 aliphatic heterocycles. The predicted molar refractivity (Wildman–Crippen MR) is 75.0 cm³/mol. The number of esters is 1. The highest BCUT2D eigenvalue weighted by atomic mass is 79.9. The number of nitrogens with one attached hydrogen (secondary N) is 1. The number of methoxy groups -OCH3 is 1. The predicted octanol–water partition coefficient (Wildman–Crippen LogP) is 3.21. The van der Waals surface area contributed by atoms with Crippen LogP contribution in [-0.4, -0.2) is 25.7 Å². The van der Waals surface area contributed by atoms with Crippen LogP contribution < -0.4 is 10.1 Å². The maximum atomic E-state index is 11.7. The van der Waals surface area contributed by atoms with E-state index in [-0.39, 0.29) is 12.0 Å². The third-order valence-corrected chi connectivity index (χ3v) is 3.17. The van der Waals surface area contributed by atoms with Gasteiger partial charge in [-0.05, 0) is 41.4 Å². The largest absolute Gasteiger partial charge is 0.497 e. The number of ether oxygens (including phenoxy) is 2. The standard InChI is InChI=1S/C13H18BrNO3/c1-4-11(13(16)18-5-2)15-12-8-9(17-3)6-7-10(12)14/h6-8,11,15H,4-5H2,1-3H3. The Morgan fingerprint density at radius 2 is 2.17 bits per heavy atom. The Bertz CT molecular complexity index is 409. The van der Waals surface area contributed by atoms with E-state index in [1.165, 1.54) is 0 Å². The van der Waals surface area contributed by atoms with Crippen molar-refractivity contribution < 1.29 is 14.3 Å². The molecule has 0 bridgehead atoms. The normalized spacial score (nSPS) is 11.8. The Balaban J connectivity index is 2.83. The van der Waals surface area contributed by atoms with Crippen molar-refractivity contribution in [1.29, 1.82) is 0 Å². The van der Waals surface area contributed by atoms with Crippen LogP contribution in [0.15, 0.2) is 22.7 Å². The third kappa shape index (κ3) is 3.91. The van der Waals surface area contributed by atoms with Gasteiger partial charge in [0.05, 0.1) is 19.4 Å². The van der Waals surface area contributed by atoms with Gasteiger partial charge in [0.15, 0.2) is 0 Å². The van der Waals surface area contributed by atoms with Gasteiger partial charge in [-0.1, -0.05) is 6.92 Å². The summed E-state index contributed by atoms with van der Waals surface area (Å²) in [4.78, 5) is 11.7. The highest BCUT2D eigenvalue weighted by molar-refractivity contribution is 9.10. The van der Waals surface area contributed by atoms with Gasteiger partial charge in [0.2, 0.25) is 0 Å². The van der Waals surface area contributed by atoms with Gasteiger partial charge in [-0.2, -0.15) is 0 Å². The monoisotopic (exact) mass is 315 g/mol. The first-order chi connectivity index (χ1) is 8.62. The number of halogens is 1. The minimum Gasteiger partial charge on any atom is -0.497 e. The van der Waals surface area contributed by atoms with Gasteiger partial charge in [0.25, 0.3) is 0 Å². The van der Waals surface area contributed by atoms with Gasteiger partial charge in [-0.3, -0.25) is 0 Å². The van der Waals surface area contributed by atoms with Crippen molar-refractivity contribution in [2.45, 2.75) is 26.3 Å². The summed E-state index contributed by atoms with van der Waals surface area (Å²) in [6.07, 6.45) is 0.655. The summed E-state index contributed by atoms with van der Waals surface area (Å²) < 4.78 is 11.1. The molecule has 0 spiro atoms. The summed E-state index contributed by atoms with van der Waals surface area (Å²) >= 11 is 3.44. The fourth-order valence-electron chi connectivity index (χ4n) is 1.50. The second-order valence-corrected chi connectivity index (χ2v) is 4.56. The zero-order chi connectivity index (χ0) is 13.5. The smallest absolute Gasteiger partial charge is 0.328 e. The van der Waals surface area contributed by atoms with Crippen LogP contribution in [0.4, 0.5) is 5.69 Å². The van der Waals surface area contributed by atoms with Crippen molar-refractivity contribution in [1.82, 2.24) is 0 Å². The summed E-state index contributed by atoms with van der Waals surface area (Å²) in [6.45, 7) is 4.12. The molecule has 1 rings (SSSR count). The highest BCUT2D eigenvalue weighted by Gasteiger charge is 2.18. The molecule has 1 unspecified atom stereocenters. The van der Waals surface area contributed by atoms with Gasteiger partial charge in [0.1, 0.15) is 11.8 Å². The van der Waals surface area contributed by atoms with Crippen LogP contribution in [0.2, 0.25) is 0 Å². The lowest BCUT2D eigenvalue weighted by Crippen LogP contribution is -2.30. The molecule has 0 aliphatic carbocycles. The lowest BCUT2D eigenvalue weighted by atomic mass is 10.2. The zero-order valence-electron chi connectivity index (χ0n) is 10.8. The van der Waals surface area contributed by atoms with Crippen LogP contribution in [0.25, 0.3) is 0 Å². The maximum Gasteiger partial charge on any atom is 0.328 e. The lowest BCUT2D eigenvalue weighted by Gasteiger charge is -2.18. The van der Waals surface area contributed by atoms with Gasteiger partial charge in [-0.15, -0.1) is 0 Å². The number of rotatable bonds is 6. The maximum absolute atomic E-state index is 11.7. The Morgan fingerprint density at radius 1 is 1.44 bits per heavy atom. The van der Waals surface area contributed by atoms with Crippen LogP contribution in [0.3, 0.4) is 0 Å². The molecule has 18 heavy (non-hydrogen) atoms. The first-order valence-electron chi connectivity index (χ1n) is 5.89. The van der Waals surface area contributed by atoms with E-state index < -0.39 is 0 Å². The molecule has 0 aliphatic rings. The van der Waals surface area contributed by atoms with Crippen LogP contribution >= 0.6 is 15.9 Å². The van der Waals surface area contributed by atoms with E-state index in [0.29, 0.717) is 13.0 Å². The number of hydrogen-bond acceptors (Lipinski definition) is 4. The van der Waals surface area contributed by atoms with E-state index in [9.17, 15) is 4.79 Å². The van der Waals surface area contributed by atoms with E-state index in [1.54, 1.807) is 14.0 Å². The molecule has 0 fully saturated rings. The highest BCUT2D eigenvalue weighted by Crippen LogP contribution is 2.28. The number of benzene rings is 1. The molecule has 0 radical (unpaired) electrons. The minimum absolute atomic E-state index is 0.241. The fourth-order valence-corrected chi connectivity index (χ4v) is 1.86. The Hall–Kier alpha value is -1.23. The molecule has 0 saturated carbocycles. The molecule has 1 aromatic carbocycles. The lowest BCUT2D eigenvalue weighted by molar-refractivity contribution is -0.144. The molecule has 1 aromatic rings. The number of carbonyl (C=O) groups excluding carboxylic acids is 1. The average molecular weight is 316 g/mol. The Labute approximate surface area is 116 Å². The van der Waals surface area contributed by atoms with E-state index in [4.69, 9.17) is 9.47 Å². The molecule has 0 amide bonds. The molecule has 100 valence electrons. The first-order valence-corrected chi connectivity index (χ1v) is 6.68. The molecular weight excluding hydrogens is 298 g/mol. The van der Waals surface area contributed by atoms with E-state index in [0.717, 1.165) is 15.9 Å². The first kappa shape index (κ1) is 14.8. The van der Waals surface area contributed by atoms with Crippen LogP contribution in [0.5, 0.6) is 5.75 Å². The van der Waals surface area contributed by atoms with Gasteiger partial charge in [0, 0.05) is 10.5 Å². The van der Waals surface area contributed by atoms with Crippen LogP contribution in [0.1, 0.15) is 20.3 Å². The summed E-state index contributed by atoms with van der Waals surface area (Å²) in [6, 6.07) is 5.21. The zero-order valence-corrected chi connectivity index (χ0v) is 12.4. The quantitative estimate of drug-likeness (QED) is 0.819. The summed E-state index contributed by atoms with van der Waals surface area (Å²) in [5, 5.41) is 3.15. The van der Waals surface area contributed by atoms with Gasteiger partial charge in [-0.25, -0.2) is 4.79 Å². The topological polar surface area (TPSA) is 47.6 Å². The average Bonchev–Trinajstić information content (AvgIpc) is 2.38. The number of carbonyl (C=O) groups is 1. The number of hydrogen-bond donors (Lipinski definition) is 1. The van der Waals surface area contributed by atoms with Crippen LogP contribution in [-0.2, 0) is 9.53 Å². The summed E-state index contributed by atoms with van der Waals surface area (Å²) in [5.41, 5.74) is 0.814. The molecule has 0 saturated heterocycles. The summed E-state index contributed by atoms with van der Waals surface area (Å²) in [7, 11) is 1.61. The van der Waals surface area contributed by atoms with Crippen LogP contribution in [0, 0.1) is 0 Å². The van der Waals surface area contributed by atoms with E-state index in [1.807, 2.05) is 25.1 Å². The molecule has 4 nitrogen and oxygen atoms in total. The van der Waals surface area contributed by atoms with Gasteiger partial charge < -0.3 is 14.8 Å². The molecule has 1 atom stereocenters. The van der Waals surface area contributed by atoms with E-state index in [2.05, 4.69) is 21.2 Å². The van der Waals surface area contributed by atoms with Crippen molar-refractivity contribution in [3.05, 3.63) is 22.7 Å². The second-order valence-electron chi connectivity index (χ2n) is 3.70. The SMILES string of the molecule is CCOC(=O)C(CC)Nc1cc(OC)ccc1Br. The summed E-state index contributed by atoms with van der Waals surface area (Å²) in [5.74, 6) is 0.495. The van der Waals surface area contributed by atoms with Crippen molar-refractivity contribution in [3.8, 4) is 5.75 Å². The third-order valence-electron chi connectivity index (χ3n) is 2.48. The molecule has 0 aromatic heterocycles. The molecule has 0 heterocycles. The Kier molecular flexibility index (Phi) is 5.98. The molecule has 5 heteroatoms. The van der Waals surface area contributed by atoms with Crippen molar-refractivity contribution in [2.24, 2.45) is 0 Å². The van der Waals surface area contributed by atoms with E-state index >= 15 is 0 Å². The second kappa shape index (κ2) is 7.26. The minimum atomic E-state index is -0.353. The molecule has 1 N–H and O–H groups in total. The Morgan fingerprint density at radius 3 is 2.72 bits per heavy atom. The van der Waals surface area contributed by atoms with Gasteiger partial charge >= 0.3 is 5.97 Å². The number of anilines is 1. The van der Waals surface area contributed by atoms with Crippen molar-refractivity contribution in [3.63, 3.8) is 0 Å². The van der Waals surface area contributed by atoms with Crippen molar-refractivity contribution in [2.75, 3.05) is 19.0 Å².